The summed E-state index contributed by atoms with van der Waals surface area (Å²) in [5, 5.41) is 13.6. The fourth-order valence-electron chi connectivity index (χ4n) is 2.69. The number of rotatable bonds is 7. The first kappa shape index (κ1) is 19.4. The average Bonchev–Trinajstić information content (AvgIpc) is 3.16. The molecule has 1 aromatic carbocycles. The second-order valence-corrected chi connectivity index (χ2v) is 5.84. The molecule has 1 aliphatic heterocycles. The lowest BCUT2D eigenvalue weighted by atomic mass is 10.1. The van der Waals surface area contributed by atoms with Crippen LogP contribution in [-0.2, 0) is 9.53 Å². The fourth-order valence-corrected chi connectivity index (χ4v) is 2.69. The number of amides is 2. The summed E-state index contributed by atoms with van der Waals surface area (Å²) in [6.45, 7) is 3.31. The Morgan fingerprint density at radius 3 is 2.46 bits per heavy atom. The monoisotopic (exact) mass is 363 g/mol. The van der Waals surface area contributed by atoms with Crippen LogP contribution in [0.5, 0.6) is 0 Å². The third kappa shape index (κ3) is 5.01. The van der Waals surface area contributed by atoms with Crippen molar-refractivity contribution in [2.75, 3.05) is 26.2 Å². The number of hydrogen-bond donors (Lipinski definition) is 1. The molecule has 1 aliphatic rings. The molecule has 2 rings (SSSR count). The van der Waals surface area contributed by atoms with Gasteiger partial charge >= 0.3 is 5.97 Å². The minimum absolute atomic E-state index is 0.0316. The van der Waals surface area contributed by atoms with Crippen molar-refractivity contribution in [2.45, 2.75) is 26.2 Å². The van der Waals surface area contributed by atoms with Gasteiger partial charge in [-0.05, 0) is 25.8 Å². The maximum Gasteiger partial charge on any atom is 0.338 e. The highest BCUT2D eigenvalue weighted by atomic mass is 16.6. The van der Waals surface area contributed by atoms with Crippen molar-refractivity contribution in [3.8, 4) is 0 Å². The van der Waals surface area contributed by atoms with Crippen molar-refractivity contribution >= 4 is 23.5 Å². The molecule has 1 aromatic rings. The first-order valence-corrected chi connectivity index (χ1v) is 8.45. The number of carbonyl (C=O) groups is 3. The van der Waals surface area contributed by atoms with Crippen LogP contribution in [0.3, 0.4) is 0 Å². The molecular weight excluding hydrogens is 342 g/mol. The molecule has 9 nitrogen and oxygen atoms in total. The van der Waals surface area contributed by atoms with Crippen molar-refractivity contribution in [3.05, 3.63) is 39.4 Å². The summed E-state index contributed by atoms with van der Waals surface area (Å²) < 4.78 is 4.82. The summed E-state index contributed by atoms with van der Waals surface area (Å²) in [6, 6.07) is 3.38. The number of benzene rings is 1. The maximum atomic E-state index is 12.2. The second-order valence-electron chi connectivity index (χ2n) is 5.84. The van der Waals surface area contributed by atoms with Gasteiger partial charge in [0, 0.05) is 43.8 Å². The molecule has 1 fully saturated rings. The molecule has 0 unspecified atom stereocenters. The van der Waals surface area contributed by atoms with E-state index in [-0.39, 0.29) is 42.3 Å². The number of ether oxygens (including phenoxy) is 1. The van der Waals surface area contributed by atoms with Crippen molar-refractivity contribution in [2.24, 2.45) is 0 Å². The molecule has 140 valence electrons. The molecule has 2 amide bonds. The van der Waals surface area contributed by atoms with Gasteiger partial charge in [-0.2, -0.15) is 0 Å². The van der Waals surface area contributed by atoms with Gasteiger partial charge in [0.05, 0.1) is 17.1 Å². The number of nitro groups is 1. The van der Waals surface area contributed by atoms with Crippen molar-refractivity contribution in [1.29, 1.82) is 0 Å². The Bertz CT molecular complexity index is 712. The Labute approximate surface area is 150 Å². The van der Waals surface area contributed by atoms with E-state index in [1.165, 1.54) is 6.07 Å². The third-order valence-electron chi connectivity index (χ3n) is 3.99. The van der Waals surface area contributed by atoms with Crippen LogP contribution < -0.4 is 5.32 Å². The van der Waals surface area contributed by atoms with Gasteiger partial charge in [-0.25, -0.2) is 4.79 Å². The smallest absolute Gasteiger partial charge is 0.338 e. The van der Waals surface area contributed by atoms with E-state index >= 15 is 0 Å². The predicted octanol–water partition coefficient (Wildman–Crippen LogP) is 1.51. The quantitative estimate of drug-likeness (QED) is 0.446. The highest BCUT2D eigenvalue weighted by molar-refractivity contribution is 5.99. The molecule has 0 aromatic heterocycles. The Hall–Kier alpha value is -2.97. The summed E-state index contributed by atoms with van der Waals surface area (Å²) in [7, 11) is 0. The van der Waals surface area contributed by atoms with E-state index in [2.05, 4.69) is 5.32 Å². The molecule has 0 aliphatic carbocycles. The standard InChI is InChI=1S/C17H21N3O6/c1-2-26-17(23)13-9-12(10-14(11-13)20(24)25)16(22)18-6-5-15(21)19-7-3-4-8-19/h9-11H,2-8H2,1H3,(H,18,22). The van der Waals surface area contributed by atoms with E-state index in [1.54, 1.807) is 11.8 Å². The summed E-state index contributed by atoms with van der Waals surface area (Å²) in [4.78, 5) is 48.1. The van der Waals surface area contributed by atoms with Gasteiger partial charge in [0.15, 0.2) is 0 Å². The zero-order chi connectivity index (χ0) is 19.1. The zero-order valence-electron chi connectivity index (χ0n) is 14.5. The third-order valence-corrected chi connectivity index (χ3v) is 3.99. The van der Waals surface area contributed by atoms with E-state index in [1.807, 2.05) is 0 Å². The number of likely N-dealkylation sites (tertiary alicyclic amines) is 1. The zero-order valence-corrected chi connectivity index (χ0v) is 14.5. The normalized spacial score (nSPS) is 13.3. The van der Waals surface area contributed by atoms with E-state index in [9.17, 15) is 24.5 Å². The van der Waals surface area contributed by atoms with E-state index < -0.39 is 16.8 Å². The Morgan fingerprint density at radius 2 is 1.85 bits per heavy atom. The predicted molar refractivity (Wildman–Crippen MR) is 91.8 cm³/mol. The van der Waals surface area contributed by atoms with Crippen molar-refractivity contribution in [3.63, 3.8) is 0 Å². The summed E-state index contributed by atoms with van der Waals surface area (Å²) >= 11 is 0. The molecular formula is C17H21N3O6. The number of esters is 1. The highest BCUT2D eigenvalue weighted by Gasteiger charge is 2.20. The first-order chi connectivity index (χ1) is 12.4. The van der Waals surface area contributed by atoms with Crippen LogP contribution in [0.15, 0.2) is 18.2 Å². The van der Waals surface area contributed by atoms with Crippen LogP contribution in [0.25, 0.3) is 0 Å². The summed E-state index contributed by atoms with van der Waals surface area (Å²) in [5.74, 6) is -1.36. The molecule has 1 N–H and O–H groups in total. The van der Waals surface area contributed by atoms with Crippen molar-refractivity contribution < 1.29 is 24.0 Å². The van der Waals surface area contributed by atoms with Gasteiger partial charge in [-0.3, -0.25) is 19.7 Å². The highest BCUT2D eigenvalue weighted by Crippen LogP contribution is 2.18. The van der Waals surface area contributed by atoms with E-state index in [4.69, 9.17) is 4.74 Å². The number of hydrogen-bond acceptors (Lipinski definition) is 6. The van der Waals surface area contributed by atoms with Crippen LogP contribution in [0.4, 0.5) is 5.69 Å². The van der Waals surface area contributed by atoms with Gasteiger partial charge in [0.1, 0.15) is 0 Å². The Balaban J connectivity index is 2.03. The van der Waals surface area contributed by atoms with Crippen LogP contribution >= 0.6 is 0 Å². The fraction of sp³-hybridized carbons (Fsp3) is 0.471. The lowest BCUT2D eigenvalue weighted by molar-refractivity contribution is -0.384. The Morgan fingerprint density at radius 1 is 1.19 bits per heavy atom. The van der Waals surface area contributed by atoms with Gasteiger partial charge < -0.3 is 15.0 Å². The molecule has 0 spiro atoms. The van der Waals surface area contributed by atoms with Gasteiger partial charge in [0.25, 0.3) is 11.6 Å². The lowest BCUT2D eigenvalue weighted by Gasteiger charge is -2.15. The Kier molecular flexibility index (Phi) is 6.65. The number of carbonyl (C=O) groups excluding carboxylic acids is 3. The largest absolute Gasteiger partial charge is 0.462 e. The van der Waals surface area contributed by atoms with Crippen LogP contribution in [0.1, 0.15) is 46.9 Å². The van der Waals surface area contributed by atoms with Gasteiger partial charge in [-0.15, -0.1) is 0 Å². The summed E-state index contributed by atoms with van der Waals surface area (Å²) in [6.07, 6.45) is 2.14. The number of nitrogens with one attached hydrogen (secondary N) is 1. The topological polar surface area (TPSA) is 119 Å². The first-order valence-electron chi connectivity index (χ1n) is 8.45. The molecule has 0 atom stereocenters. The van der Waals surface area contributed by atoms with E-state index in [0.717, 1.165) is 38.1 Å². The number of non-ortho nitro benzene ring substituents is 1. The lowest BCUT2D eigenvalue weighted by Crippen LogP contribution is -2.32. The average molecular weight is 363 g/mol. The molecule has 0 radical (unpaired) electrons. The molecule has 0 saturated carbocycles. The van der Waals surface area contributed by atoms with Crippen LogP contribution in [-0.4, -0.2) is 53.8 Å². The SMILES string of the molecule is CCOC(=O)c1cc(C(=O)NCCC(=O)N2CCCC2)cc([N+](=O)[O-])c1. The number of nitrogens with zero attached hydrogens (tertiary/aromatic N) is 2. The molecule has 1 saturated heterocycles. The van der Waals surface area contributed by atoms with Gasteiger partial charge in [0.2, 0.25) is 5.91 Å². The van der Waals surface area contributed by atoms with Crippen LogP contribution in [0, 0.1) is 10.1 Å². The van der Waals surface area contributed by atoms with Crippen LogP contribution in [0.2, 0.25) is 0 Å². The maximum absolute atomic E-state index is 12.2. The van der Waals surface area contributed by atoms with Crippen molar-refractivity contribution in [1.82, 2.24) is 10.2 Å². The second kappa shape index (κ2) is 8.93. The molecule has 9 heteroatoms. The molecule has 26 heavy (non-hydrogen) atoms. The van der Waals surface area contributed by atoms with E-state index in [0.29, 0.717) is 0 Å². The minimum atomic E-state index is -0.741. The van der Waals surface area contributed by atoms with Gasteiger partial charge in [-0.1, -0.05) is 0 Å². The minimum Gasteiger partial charge on any atom is -0.462 e. The summed E-state index contributed by atoms with van der Waals surface area (Å²) in [5.41, 5.74) is -0.482. The number of nitro benzene ring substituents is 1. The molecule has 1 heterocycles. The molecule has 0 bridgehead atoms.